The minimum Gasteiger partial charge on any atom is -0.378 e. The minimum atomic E-state index is -3.66. The van der Waals surface area contributed by atoms with Crippen molar-refractivity contribution in [2.75, 3.05) is 32.1 Å². The molecule has 1 aromatic carbocycles. The first kappa shape index (κ1) is 16.2. The van der Waals surface area contributed by atoms with Crippen LogP contribution in [0.5, 0.6) is 0 Å². The first-order valence-corrected chi connectivity index (χ1v) is 8.57. The topological polar surface area (TPSA) is 63.7 Å². The maximum atomic E-state index is 12.9. The van der Waals surface area contributed by atoms with E-state index in [4.69, 9.17) is 16.3 Å². The quantitative estimate of drug-likeness (QED) is 0.831. The standard InChI is InChI=1S/C13H15ClFNO4S/c14-12-7-11(15)2-1-10(12)8-21(18,19)9-13(17)16-3-5-20-6-4-16/h1-2,7H,3-6,8-9H2. The molecule has 2 rings (SSSR count). The number of morpholine rings is 1. The van der Waals surface area contributed by atoms with Gasteiger partial charge in [0.15, 0.2) is 9.84 Å². The molecule has 0 unspecified atom stereocenters. The number of benzene rings is 1. The summed E-state index contributed by atoms with van der Waals surface area (Å²) in [6, 6.07) is 3.51. The zero-order chi connectivity index (χ0) is 15.5. The third-order valence-corrected chi connectivity index (χ3v) is 4.89. The van der Waals surface area contributed by atoms with Gasteiger partial charge in [0.2, 0.25) is 5.91 Å². The van der Waals surface area contributed by atoms with Crippen LogP contribution in [0.1, 0.15) is 5.56 Å². The van der Waals surface area contributed by atoms with E-state index in [0.717, 1.165) is 12.1 Å². The molecular formula is C13H15ClFNO4S. The summed E-state index contributed by atoms with van der Waals surface area (Å²) in [5.41, 5.74) is 0.285. The van der Waals surface area contributed by atoms with E-state index in [1.165, 1.54) is 11.0 Å². The molecule has 0 atom stereocenters. The predicted molar refractivity (Wildman–Crippen MR) is 76.3 cm³/mol. The molecular weight excluding hydrogens is 321 g/mol. The molecule has 0 aromatic heterocycles. The van der Waals surface area contributed by atoms with Crippen molar-refractivity contribution in [1.29, 1.82) is 0 Å². The van der Waals surface area contributed by atoms with Crippen LogP contribution in [0.2, 0.25) is 5.02 Å². The van der Waals surface area contributed by atoms with Crippen molar-refractivity contribution in [1.82, 2.24) is 4.90 Å². The van der Waals surface area contributed by atoms with Crippen molar-refractivity contribution in [2.45, 2.75) is 5.75 Å². The summed E-state index contributed by atoms with van der Waals surface area (Å²) in [6.45, 7) is 1.61. The van der Waals surface area contributed by atoms with Gasteiger partial charge in [-0.2, -0.15) is 0 Å². The Kier molecular flexibility index (Phi) is 5.18. The van der Waals surface area contributed by atoms with Crippen LogP contribution >= 0.6 is 11.6 Å². The number of halogens is 2. The first-order chi connectivity index (χ1) is 9.87. The highest BCUT2D eigenvalue weighted by Gasteiger charge is 2.24. The molecule has 1 aliphatic heterocycles. The number of sulfone groups is 1. The number of amides is 1. The Morgan fingerprint density at radius 2 is 2.00 bits per heavy atom. The van der Waals surface area contributed by atoms with Crippen molar-refractivity contribution < 1.29 is 22.3 Å². The van der Waals surface area contributed by atoms with Gasteiger partial charge in [-0.1, -0.05) is 17.7 Å². The van der Waals surface area contributed by atoms with Gasteiger partial charge in [-0.15, -0.1) is 0 Å². The van der Waals surface area contributed by atoms with Crippen LogP contribution < -0.4 is 0 Å². The lowest BCUT2D eigenvalue weighted by molar-refractivity contribution is -0.132. The second-order valence-electron chi connectivity index (χ2n) is 4.76. The molecule has 8 heteroatoms. The zero-order valence-corrected chi connectivity index (χ0v) is 12.8. The van der Waals surface area contributed by atoms with Gasteiger partial charge in [-0.25, -0.2) is 12.8 Å². The molecule has 0 spiro atoms. The number of hydrogen-bond donors (Lipinski definition) is 0. The van der Waals surface area contributed by atoms with Crippen LogP contribution in [0.3, 0.4) is 0 Å². The highest BCUT2D eigenvalue weighted by molar-refractivity contribution is 7.91. The second kappa shape index (κ2) is 6.72. The van der Waals surface area contributed by atoms with E-state index in [1.807, 2.05) is 0 Å². The average Bonchev–Trinajstić information content (AvgIpc) is 2.42. The average molecular weight is 336 g/mol. The lowest BCUT2D eigenvalue weighted by atomic mass is 10.2. The van der Waals surface area contributed by atoms with E-state index in [1.54, 1.807) is 0 Å². The third-order valence-electron chi connectivity index (χ3n) is 3.10. The van der Waals surface area contributed by atoms with Crippen LogP contribution in [-0.2, 0) is 25.1 Å². The van der Waals surface area contributed by atoms with Crippen molar-refractivity contribution in [2.24, 2.45) is 0 Å². The lowest BCUT2D eigenvalue weighted by Crippen LogP contribution is -2.43. The van der Waals surface area contributed by atoms with Gasteiger partial charge in [-0.05, 0) is 17.7 Å². The monoisotopic (exact) mass is 335 g/mol. The molecule has 1 saturated heterocycles. The Morgan fingerprint density at radius 3 is 2.62 bits per heavy atom. The number of carbonyl (C=O) groups is 1. The highest BCUT2D eigenvalue weighted by atomic mass is 35.5. The van der Waals surface area contributed by atoms with Gasteiger partial charge in [0.1, 0.15) is 11.6 Å². The molecule has 0 N–H and O–H groups in total. The van der Waals surface area contributed by atoms with Crippen LogP contribution in [0.25, 0.3) is 0 Å². The van der Waals surface area contributed by atoms with Crippen LogP contribution in [0.15, 0.2) is 18.2 Å². The Labute approximate surface area is 127 Å². The van der Waals surface area contributed by atoms with E-state index in [2.05, 4.69) is 0 Å². The summed E-state index contributed by atoms with van der Waals surface area (Å²) in [5, 5.41) is 0.0393. The molecule has 5 nitrogen and oxygen atoms in total. The fraction of sp³-hybridized carbons (Fsp3) is 0.462. The maximum absolute atomic E-state index is 12.9. The molecule has 1 aliphatic rings. The fourth-order valence-corrected chi connectivity index (χ4v) is 3.72. The fourth-order valence-electron chi connectivity index (χ4n) is 2.02. The van der Waals surface area contributed by atoms with E-state index in [0.29, 0.717) is 26.3 Å². The Morgan fingerprint density at radius 1 is 1.33 bits per heavy atom. The Balaban J connectivity index is 2.02. The van der Waals surface area contributed by atoms with Crippen LogP contribution in [0, 0.1) is 5.82 Å². The van der Waals surface area contributed by atoms with Crippen molar-refractivity contribution in [3.8, 4) is 0 Å². The summed E-state index contributed by atoms with van der Waals surface area (Å²) in [4.78, 5) is 13.4. The Bertz CT molecular complexity index is 629. The number of carbonyl (C=O) groups excluding carboxylic acids is 1. The van der Waals surface area contributed by atoms with Crippen LogP contribution in [-0.4, -0.2) is 51.3 Å². The summed E-state index contributed by atoms with van der Waals surface area (Å²) in [5.74, 6) is -1.95. The summed E-state index contributed by atoms with van der Waals surface area (Å²) >= 11 is 5.80. The van der Waals surface area contributed by atoms with Gasteiger partial charge >= 0.3 is 0 Å². The molecule has 1 heterocycles. The third kappa shape index (κ3) is 4.66. The molecule has 1 fully saturated rings. The second-order valence-corrected chi connectivity index (χ2v) is 7.23. The van der Waals surface area contributed by atoms with Gasteiger partial charge in [-0.3, -0.25) is 4.79 Å². The lowest BCUT2D eigenvalue weighted by Gasteiger charge is -2.26. The number of ether oxygens (including phenoxy) is 1. The van der Waals surface area contributed by atoms with E-state index in [9.17, 15) is 17.6 Å². The van der Waals surface area contributed by atoms with Crippen molar-refractivity contribution >= 4 is 27.3 Å². The first-order valence-electron chi connectivity index (χ1n) is 6.37. The molecule has 0 aliphatic carbocycles. The summed E-state index contributed by atoms with van der Waals surface area (Å²) in [6.07, 6.45) is 0. The van der Waals surface area contributed by atoms with Crippen LogP contribution in [0.4, 0.5) is 4.39 Å². The van der Waals surface area contributed by atoms with Gasteiger partial charge < -0.3 is 9.64 Å². The zero-order valence-electron chi connectivity index (χ0n) is 11.2. The number of rotatable bonds is 4. The van der Waals surface area contributed by atoms with Gasteiger partial charge in [0.25, 0.3) is 0 Å². The maximum Gasteiger partial charge on any atom is 0.237 e. The normalized spacial score (nSPS) is 16.0. The molecule has 21 heavy (non-hydrogen) atoms. The largest absolute Gasteiger partial charge is 0.378 e. The van der Waals surface area contributed by atoms with E-state index >= 15 is 0 Å². The molecule has 0 bridgehead atoms. The number of hydrogen-bond acceptors (Lipinski definition) is 4. The van der Waals surface area contributed by atoms with Gasteiger partial charge in [0, 0.05) is 18.1 Å². The molecule has 0 radical (unpaired) electrons. The smallest absolute Gasteiger partial charge is 0.237 e. The van der Waals surface area contributed by atoms with E-state index in [-0.39, 0.29) is 16.3 Å². The molecule has 1 amide bonds. The molecule has 1 aromatic rings. The Hall–Kier alpha value is -1.18. The predicted octanol–water partition coefficient (Wildman–Crippen LogP) is 1.25. The minimum absolute atomic E-state index is 0.0393. The van der Waals surface area contributed by atoms with Crippen molar-refractivity contribution in [3.63, 3.8) is 0 Å². The summed E-state index contributed by atoms with van der Waals surface area (Å²) < 4.78 is 42.2. The van der Waals surface area contributed by atoms with E-state index < -0.39 is 27.3 Å². The highest BCUT2D eigenvalue weighted by Crippen LogP contribution is 2.20. The molecule has 0 saturated carbocycles. The van der Waals surface area contributed by atoms with Crippen molar-refractivity contribution in [3.05, 3.63) is 34.6 Å². The summed E-state index contributed by atoms with van der Waals surface area (Å²) in [7, 11) is -3.66. The van der Waals surface area contributed by atoms with Gasteiger partial charge in [0.05, 0.1) is 19.0 Å². The number of nitrogens with zero attached hydrogens (tertiary/aromatic N) is 1. The SMILES string of the molecule is O=C(CS(=O)(=O)Cc1ccc(F)cc1Cl)N1CCOCC1. The molecule has 116 valence electrons.